The molecule has 0 aromatic heterocycles. The van der Waals surface area contributed by atoms with E-state index in [2.05, 4.69) is 16.0 Å². The maximum absolute atomic E-state index is 13.7. The second-order valence-electron chi connectivity index (χ2n) is 12.3. The van der Waals surface area contributed by atoms with Gasteiger partial charge in [-0.25, -0.2) is 13.6 Å². The first-order valence-corrected chi connectivity index (χ1v) is 13.4. The van der Waals surface area contributed by atoms with E-state index in [-0.39, 0.29) is 19.0 Å². The van der Waals surface area contributed by atoms with Crippen LogP contribution in [0.15, 0.2) is 0 Å². The lowest BCUT2D eigenvalue weighted by Crippen LogP contribution is -2.59. The molecule has 1 aliphatic carbocycles. The molecule has 3 atom stereocenters. The molecule has 0 radical (unpaired) electrons. The van der Waals surface area contributed by atoms with Gasteiger partial charge in [-0.15, -0.1) is 0 Å². The van der Waals surface area contributed by atoms with Crippen molar-refractivity contribution in [2.24, 2.45) is 10.8 Å². The van der Waals surface area contributed by atoms with E-state index < -0.39 is 77.3 Å². The van der Waals surface area contributed by atoms with E-state index >= 15 is 0 Å². The second-order valence-corrected chi connectivity index (χ2v) is 12.3. The number of carbonyl (C=O) groups is 5. The fraction of sp³-hybridized carbons (Fsp3) is 0.808. The smallest absolute Gasteiger partial charge is 0.405 e. The van der Waals surface area contributed by atoms with Crippen LogP contribution in [-0.2, 0) is 23.9 Å². The van der Waals surface area contributed by atoms with E-state index in [1.54, 1.807) is 20.8 Å². The third-order valence-electron chi connectivity index (χ3n) is 7.67. The van der Waals surface area contributed by atoms with E-state index in [1.165, 1.54) is 4.90 Å². The lowest BCUT2D eigenvalue weighted by molar-refractivity contribution is -0.144. The van der Waals surface area contributed by atoms with E-state index in [9.17, 15) is 37.9 Å². The summed E-state index contributed by atoms with van der Waals surface area (Å²) < 4.78 is 32.8. The largest absolute Gasteiger partial charge is 0.465 e. The maximum atomic E-state index is 13.7. The first-order chi connectivity index (χ1) is 18.0. The van der Waals surface area contributed by atoms with Crippen molar-refractivity contribution < 1.29 is 42.6 Å². The highest BCUT2D eigenvalue weighted by molar-refractivity contribution is 6.38. The summed E-state index contributed by atoms with van der Waals surface area (Å²) in [6, 6.07) is -3.89. The van der Waals surface area contributed by atoms with Gasteiger partial charge in [0.15, 0.2) is 0 Å². The predicted molar refractivity (Wildman–Crippen MR) is 135 cm³/mol. The highest BCUT2D eigenvalue weighted by atomic mass is 19.3. The molecule has 3 rings (SSSR count). The molecule has 4 amide bonds. The Balaban J connectivity index is 1.86. The Bertz CT molecular complexity index is 968. The van der Waals surface area contributed by atoms with E-state index in [0.717, 1.165) is 0 Å². The number of halogens is 2. The van der Waals surface area contributed by atoms with Crippen molar-refractivity contribution in [1.82, 2.24) is 20.9 Å². The summed E-state index contributed by atoms with van der Waals surface area (Å²) in [4.78, 5) is 65.5. The molecule has 2 aliphatic heterocycles. The van der Waals surface area contributed by atoms with Crippen molar-refractivity contribution in [2.45, 2.75) is 103 Å². The Labute approximate surface area is 226 Å². The molecule has 0 aromatic rings. The molecule has 3 fully saturated rings. The van der Waals surface area contributed by atoms with Gasteiger partial charge in [-0.3, -0.25) is 19.2 Å². The van der Waals surface area contributed by atoms with Crippen LogP contribution >= 0.6 is 0 Å². The number of amides is 4. The molecule has 39 heavy (non-hydrogen) atoms. The molecule has 1 unspecified atom stereocenters. The maximum Gasteiger partial charge on any atom is 0.405 e. The SMILES string of the molecule is CC(F)(F)CC[C@H](NC(=O)C1CC2(CCOCC2)CN1C(=O)[C@@H](NC(=O)O)C(C)(C)C)C(=O)C(=O)NC1CC1. The minimum Gasteiger partial charge on any atom is -0.465 e. The molecular formula is C26H40F2N4O7. The zero-order valence-corrected chi connectivity index (χ0v) is 23.0. The molecule has 4 N–H and O–H groups in total. The fourth-order valence-electron chi connectivity index (χ4n) is 5.20. The Hall–Kier alpha value is -2.83. The van der Waals surface area contributed by atoms with Crippen molar-refractivity contribution in [3.05, 3.63) is 0 Å². The second kappa shape index (κ2) is 11.7. The Kier molecular flexibility index (Phi) is 9.24. The van der Waals surface area contributed by atoms with Crippen molar-refractivity contribution in [3.8, 4) is 0 Å². The predicted octanol–water partition coefficient (Wildman–Crippen LogP) is 1.83. The van der Waals surface area contributed by atoms with Gasteiger partial charge in [0.05, 0.1) is 6.04 Å². The van der Waals surface area contributed by atoms with Crippen molar-refractivity contribution in [2.75, 3.05) is 19.8 Å². The normalized spacial score (nSPS) is 22.6. The van der Waals surface area contributed by atoms with Gasteiger partial charge < -0.3 is 30.7 Å². The molecule has 1 spiro atoms. The zero-order valence-electron chi connectivity index (χ0n) is 23.0. The monoisotopic (exact) mass is 558 g/mol. The number of ketones is 1. The summed E-state index contributed by atoms with van der Waals surface area (Å²) in [5.41, 5.74) is -1.28. The number of Topliss-reactive ketones (excluding diaryl/α,β-unsaturated/α-hetero) is 1. The molecule has 0 aromatic carbocycles. The van der Waals surface area contributed by atoms with Crippen LogP contribution in [-0.4, -0.2) is 89.5 Å². The van der Waals surface area contributed by atoms with E-state index in [4.69, 9.17) is 4.74 Å². The van der Waals surface area contributed by atoms with Crippen LogP contribution < -0.4 is 16.0 Å². The van der Waals surface area contributed by atoms with Crippen LogP contribution in [0.4, 0.5) is 13.6 Å². The summed E-state index contributed by atoms with van der Waals surface area (Å²) in [6.45, 7) is 6.81. The van der Waals surface area contributed by atoms with E-state index in [0.29, 0.717) is 45.8 Å². The Morgan fingerprint density at radius 2 is 1.67 bits per heavy atom. The van der Waals surface area contributed by atoms with Crippen LogP contribution in [0.3, 0.4) is 0 Å². The highest BCUT2D eigenvalue weighted by Crippen LogP contribution is 2.44. The number of nitrogens with zero attached hydrogens (tertiary/aromatic N) is 1. The number of nitrogens with one attached hydrogen (secondary N) is 3. The third kappa shape index (κ3) is 8.33. The lowest BCUT2D eigenvalue weighted by Gasteiger charge is -2.36. The van der Waals surface area contributed by atoms with Crippen molar-refractivity contribution >= 4 is 29.6 Å². The van der Waals surface area contributed by atoms with Gasteiger partial charge in [0, 0.05) is 32.2 Å². The minimum atomic E-state index is -3.12. The van der Waals surface area contributed by atoms with Gasteiger partial charge in [-0.2, -0.15) is 0 Å². The number of ether oxygens (including phenoxy) is 1. The fourth-order valence-corrected chi connectivity index (χ4v) is 5.20. The van der Waals surface area contributed by atoms with Crippen molar-refractivity contribution in [1.29, 1.82) is 0 Å². The number of hydrogen-bond donors (Lipinski definition) is 4. The third-order valence-corrected chi connectivity index (χ3v) is 7.67. The topological polar surface area (TPSA) is 154 Å². The van der Waals surface area contributed by atoms with Crippen LogP contribution in [0.5, 0.6) is 0 Å². The molecule has 0 bridgehead atoms. The standard InChI is InChI=1S/C26H40F2N4O7/c1-24(2,3)19(31-23(37)38)22(36)32-14-26(9-11-39-12-10-26)13-17(32)20(34)30-16(7-8-25(4,27)28)18(33)21(35)29-15-5-6-15/h15-17,19,31H,5-14H2,1-4H3,(H,29,35)(H,30,34)(H,37,38)/t16-,17?,19+/m0/s1. The van der Waals surface area contributed by atoms with Gasteiger partial charge in [0.25, 0.3) is 5.91 Å². The number of carbonyl (C=O) groups excluding carboxylic acids is 4. The molecule has 2 saturated heterocycles. The minimum absolute atomic E-state index is 0.141. The molecule has 11 nitrogen and oxygen atoms in total. The average Bonchev–Trinajstić information content (AvgIpc) is 3.57. The van der Waals surface area contributed by atoms with Crippen LogP contribution in [0.1, 0.15) is 72.6 Å². The number of carboxylic acid groups (broad SMARTS) is 1. The molecule has 13 heteroatoms. The van der Waals surface area contributed by atoms with Gasteiger partial charge in [-0.05, 0) is 56.3 Å². The van der Waals surface area contributed by atoms with Crippen LogP contribution in [0.2, 0.25) is 0 Å². The van der Waals surface area contributed by atoms with Gasteiger partial charge in [0.2, 0.25) is 23.5 Å². The van der Waals surface area contributed by atoms with Crippen molar-refractivity contribution in [3.63, 3.8) is 0 Å². The molecule has 1 saturated carbocycles. The Morgan fingerprint density at radius 3 is 2.18 bits per heavy atom. The number of hydrogen-bond acceptors (Lipinski definition) is 6. The van der Waals surface area contributed by atoms with Gasteiger partial charge in [0.1, 0.15) is 12.1 Å². The molecular weight excluding hydrogens is 518 g/mol. The lowest BCUT2D eigenvalue weighted by atomic mass is 9.78. The Morgan fingerprint density at radius 1 is 1.05 bits per heavy atom. The molecule has 3 aliphatic rings. The average molecular weight is 559 g/mol. The first kappa shape index (κ1) is 30.7. The highest BCUT2D eigenvalue weighted by Gasteiger charge is 2.52. The zero-order chi connectivity index (χ0) is 29.2. The quantitative estimate of drug-likeness (QED) is 0.298. The summed E-state index contributed by atoms with van der Waals surface area (Å²) >= 11 is 0. The van der Waals surface area contributed by atoms with Gasteiger partial charge >= 0.3 is 6.09 Å². The van der Waals surface area contributed by atoms with E-state index in [1.807, 2.05) is 0 Å². The van der Waals surface area contributed by atoms with Crippen LogP contribution in [0.25, 0.3) is 0 Å². The van der Waals surface area contributed by atoms with Gasteiger partial charge in [-0.1, -0.05) is 20.8 Å². The summed E-state index contributed by atoms with van der Waals surface area (Å²) in [5.74, 6) is -6.42. The molecule has 2 heterocycles. The number of alkyl halides is 2. The molecule has 220 valence electrons. The first-order valence-electron chi connectivity index (χ1n) is 13.4. The number of rotatable bonds is 10. The summed E-state index contributed by atoms with van der Waals surface area (Å²) in [6.07, 6.45) is 0.220. The number of likely N-dealkylation sites (tertiary alicyclic amines) is 1. The summed E-state index contributed by atoms with van der Waals surface area (Å²) in [7, 11) is 0. The van der Waals surface area contributed by atoms with Crippen LogP contribution in [0, 0.1) is 10.8 Å². The summed E-state index contributed by atoms with van der Waals surface area (Å²) in [5, 5.41) is 16.6.